The molecular formula is C10H17N3O5S2. The number of hydrogen-bond donors (Lipinski definition) is 2. The van der Waals surface area contributed by atoms with Gasteiger partial charge in [0.2, 0.25) is 0 Å². The minimum Gasteiger partial charge on any atom is -0.462 e. The van der Waals surface area contributed by atoms with Gasteiger partial charge in [-0.15, -0.1) is 0 Å². The van der Waals surface area contributed by atoms with Crippen molar-refractivity contribution in [3.05, 3.63) is 11.8 Å². The molecule has 1 aromatic rings. The molecule has 0 aliphatic heterocycles. The smallest absolute Gasteiger partial charge is 0.342 e. The van der Waals surface area contributed by atoms with Crippen LogP contribution in [0.4, 0.5) is 0 Å². The molecule has 20 heavy (non-hydrogen) atoms. The first-order chi connectivity index (χ1) is 9.42. The van der Waals surface area contributed by atoms with Crippen LogP contribution in [0.15, 0.2) is 11.2 Å². The summed E-state index contributed by atoms with van der Waals surface area (Å²) in [5.41, 5.74) is -0.157. The lowest BCUT2D eigenvalue weighted by Gasteiger charge is -2.06. The van der Waals surface area contributed by atoms with Crippen LogP contribution >= 0.6 is 0 Å². The van der Waals surface area contributed by atoms with Gasteiger partial charge in [-0.25, -0.2) is 17.9 Å². The monoisotopic (exact) mass is 323 g/mol. The molecule has 0 aliphatic carbocycles. The summed E-state index contributed by atoms with van der Waals surface area (Å²) in [7, 11) is -4.99. The van der Waals surface area contributed by atoms with Crippen molar-refractivity contribution in [2.24, 2.45) is 0 Å². The maximum Gasteiger partial charge on any atom is 0.342 e. The molecule has 1 aromatic heterocycles. The Balaban J connectivity index is 2.80. The van der Waals surface area contributed by atoms with E-state index < -0.39 is 26.8 Å². The Morgan fingerprint density at radius 3 is 2.80 bits per heavy atom. The Labute approximate surface area is 119 Å². The van der Waals surface area contributed by atoms with E-state index in [4.69, 9.17) is 4.74 Å². The predicted octanol–water partition coefficient (Wildman–Crippen LogP) is -0.367. The van der Waals surface area contributed by atoms with Crippen LogP contribution in [0.5, 0.6) is 0 Å². The van der Waals surface area contributed by atoms with Gasteiger partial charge in [-0.3, -0.25) is 9.31 Å². The molecule has 2 N–H and O–H groups in total. The van der Waals surface area contributed by atoms with Crippen molar-refractivity contribution >= 4 is 26.8 Å². The van der Waals surface area contributed by atoms with Crippen LogP contribution in [0.2, 0.25) is 0 Å². The molecule has 1 unspecified atom stereocenters. The molecule has 0 aliphatic rings. The zero-order valence-electron chi connectivity index (χ0n) is 11.2. The van der Waals surface area contributed by atoms with Crippen molar-refractivity contribution in [2.75, 3.05) is 24.7 Å². The van der Waals surface area contributed by atoms with Crippen molar-refractivity contribution in [3.8, 4) is 0 Å². The maximum atomic E-state index is 12.0. The number of nitrogens with one attached hydrogen (secondary N) is 2. The van der Waals surface area contributed by atoms with Crippen molar-refractivity contribution in [1.82, 2.24) is 14.9 Å². The van der Waals surface area contributed by atoms with Gasteiger partial charge >= 0.3 is 5.97 Å². The fourth-order valence-corrected chi connectivity index (χ4v) is 3.20. The number of aromatic nitrogens is 2. The highest BCUT2D eigenvalue weighted by Crippen LogP contribution is 2.12. The molecule has 0 saturated carbocycles. The Morgan fingerprint density at radius 2 is 2.20 bits per heavy atom. The number of H-pyrrole nitrogens is 1. The number of hydrogen-bond acceptors (Lipinski definition) is 6. The van der Waals surface area contributed by atoms with Crippen LogP contribution in [0.3, 0.4) is 0 Å². The van der Waals surface area contributed by atoms with E-state index in [9.17, 15) is 17.4 Å². The lowest BCUT2D eigenvalue weighted by molar-refractivity contribution is 0.0522. The first kappa shape index (κ1) is 16.8. The predicted molar refractivity (Wildman–Crippen MR) is 73.3 cm³/mol. The topological polar surface area (TPSA) is 118 Å². The number of sulfonamides is 1. The summed E-state index contributed by atoms with van der Waals surface area (Å²) < 4.78 is 42.2. The van der Waals surface area contributed by atoms with E-state index in [0.717, 1.165) is 6.20 Å². The van der Waals surface area contributed by atoms with Gasteiger partial charge in [-0.1, -0.05) is 6.92 Å². The molecular weight excluding hydrogens is 306 g/mol. The average Bonchev–Trinajstić information content (AvgIpc) is 2.88. The second-order valence-corrected chi connectivity index (χ2v) is 7.23. The number of rotatable bonds is 8. The number of aromatic amines is 1. The third-order valence-electron chi connectivity index (χ3n) is 2.31. The maximum absolute atomic E-state index is 12.0. The highest BCUT2D eigenvalue weighted by molar-refractivity contribution is 7.89. The van der Waals surface area contributed by atoms with Gasteiger partial charge in [0, 0.05) is 28.9 Å². The SMILES string of the molecule is CCOC(=O)c1cn[nH]c1S(=O)(=O)NCCS(=O)CC. The average molecular weight is 323 g/mol. The highest BCUT2D eigenvalue weighted by atomic mass is 32.2. The van der Waals surface area contributed by atoms with Crippen molar-refractivity contribution in [2.45, 2.75) is 18.9 Å². The van der Waals surface area contributed by atoms with Crippen LogP contribution in [-0.4, -0.2) is 53.5 Å². The van der Waals surface area contributed by atoms with E-state index in [1.807, 2.05) is 0 Å². The van der Waals surface area contributed by atoms with Crippen LogP contribution < -0.4 is 4.72 Å². The second-order valence-electron chi connectivity index (χ2n) is 3.66. The van der Waals surface area contributed by atoms with Gasteiger partial charge in [0.15, 0.2) is 5.03 Å². The number of ether oxygens (including phenoxy) is 1. The van der Waals surface area contributed by atoms with Crippen LogP contribution in [-0.2, 0) is 25.6 Å². The summed E-state index contributed by atoms with van der Waals surface area (Å²) in [4.78, 5) is 11.6. The zero-order chi connectivity index (χ0) is 15.2. The summed E-state index contributed by atoms with van der Waals surface area (Å²) in [6.45, 7) is 3.51. The molecule has 10 heteroatoms. The highest BCUT2D eigenvalue weighted by Gasteiger charge is 2.25. The van der Waals surface area contributed by atoms with Crippen LogP contribution in [0.25, 0.3) is 0 Å². The summed E-state index contributed by atoms with van der Waals surface area (Å²) >= 11 is 0. The molecule has 0 amide bonds. The van der Waals surface area contributed by atoms with Gasteiger partial charge in [0.1, 0.15) is 5.56 Å². The molecule has 114 valence electrons. The third kappa shape index (κ3) is 4.39. The fourth-order valence-electron chi connectivity index (χ4n) is 1.34. The normalized spacial score (nSPS) is 13.1. The molecule has 1 heterocycles. The third-order valence-corrected chi connectivity index (χ3v) is 5.05. The van der Waals surface area contributed by atoms with Gasteiger partial charge in [0.05, 0.1) is 12.8 Å². The summed E-state index contributed by atoms with van der Waals surface area (Å²) in [5, 5.41) is 5.46. The van der Waals surface area contributed by atoms with E-state index in [0.29, 0.717) is 5.75 Å². The van der Waals surface area contributed by atoms with E-state index in [2.05, 4.69) is 14.9 Å². The standard InChI is InChI=1S/C10H17N3O5S2/c1-3-18-10(14)8-7-11-13-9(8)20(16,17)12-5-6-19(15)4-2/h7,12H,3-6H2,1-2H3,(H,11,13). The minimum atomic E-state index is -3.92. The zero-order valence-corrected chi connectivity index (χ0v) is 12.8. The summed E-state index contributed by atoms with van der Waals surface area (Å²) in [5.74, 6) is -0.0999. The van der Waals surface area contributed by atoms with Crippen LogP contribution in [0.1, 0.15) is 24.2 Å². The van der Waals surface area contributed by atoms with E-state index in [1.54, 1.807) is 13.8 Å². The molecule has 0 saturated heterocycles. The van der Waals surface area contributed by atoms with E-state index >= 15 is 0 Å². The largest absolute Gasteiger partial charge is 0.462 e. The number of carbonyl (C=O) groups is 1. The van der Waals surface area contributed by atoms with E-state index in [1.165, 1.54) is 0 Å². The molecule has 0 bridgehead atoms. The first-order valence-electron chi connectivity index (χ1n) is 5.97. The molecule has 0 aromatic carbocycles. The minimum absolute atomic E-state index is 0.0179. The van der Waals surface area contributed by atoms with E-state index in [-0.39, 0.29) is 29.5 Å². The Hall–Kier alpha value is -1.26. The molecule has 0 radical (unpaired) electrons. The Morgan fingerprint density at radius 1 is 1.50 bits per heavy atom. The Bertz CT molecular complexity index is 581. The quantitative estimate of drug-likeness (QED) is 0.630. The van der Waals surface area contributed by atoms with Crippen LogP contribution in [0, 0.1) is 0 Å². The Kier molecular flexibility index (Phi) is 6.30. The molecule has 0 fully saturated rings. The fraction of sp³-hybridized carbons (Fsp3) is 0.600. The second kappa shape index (κ2) is 7.50. The van der Waals surface area contributed by atoms with Crippen molar-refractivity contribution in [3.63, 3.8) is 0 Å². The van der Waals surface area contributed by atoms with Gasteiger partial charge < -0.3 is 4.74 Å². The summed E-state index contributed by atoms with van der Waals surface area (Å²) in [6.07, 6.45) is 1.09. The number of esters is 1. The molecule has 1 atom stereocenters. The molecule has 8 nitrogen and oxygen atoms in total. The lowest BCUT2D eigenvalue weighted by atomic mass is 10.4. The lowest BCUT2D eigenvalue weighted by Crippen LogP contribution is -2.29. The van der Waals surface area contributed by atoms with Gasteiger partial charge in [-0.05, 0) is 6.92 Å². The molecule has 1 rings (SSSR count). The van der Waals surface area contributed by atoms with Crippen molar-refractivity contribution in [1.29, 1.82) is 0 Å². The summed E-state index contributed by atoms with van der Waals surface area (Å²) in [6, 6.07) is 0. The first-order valence-corrected chi connectivity index (χ1v) is 8.94. The number of carbonyl (C=O) groups excluding carboxylic acids is 1. The van der Waals surface area contributed by atoms with Crippen molar-refractivity contribution < 1.29 is 22.2 Å². The van der Waals surface area contributed by atoms with Gasteiger partial charge in [-0.2, -0.15) is 5.10 Å². The van der Waals surface area contributed by atoms with Gasteiger partial charge in [0.25, 0.3) is 10.0 Å². The number of nitrogens with zero attached hydrogens (tertiary/aromatic N) is 1. The molecule has 0 spiro atoms.